The smallest absolute Gasteiger partial charge is 0.246 e. The van der Waals surface area contributed by atoms with Crippen LogP contribution in [0.5, 0.6) is 0 Å². The number of nitrogens with one attached hydrogen (secondary N) is 1. The molecule has 2 saturated heterocycles. The quantitative estimate of drug-likeness (QED) is 0.421. The van der Waals surface area contributed by atoms with E-state index in [-0.39, 0.29) is 30.4 Å². The van der Waals surface area contributed by atoms with Crippen LogP contribution in [0.1, 0.15) is 46.8 Å². The van der Waals surface area contributed by atoms with E-state index in [1.165, 1.54) is 11.1 Å². The summed E-state index contributed by atoms with van der Waals surface area (Å²) >= 11 is 0. The molecule has 3 aliphatic rings. The molecule has 6 nitrogen and oxygen atoms in total. The van der Waals surface area contributed by atoms with Crippen molar-refractivity contribution >= 4 is 22.7 Å². The summed E-state index contributed by atoms with van der Waals surface area (Å²) in [5.74, 6) is 0.148. The van der Waals surface area contributed by atoms with Crippen LogP contribution in [0.3, 0.4) is 0 Å². The summed E-state index contributed by atoms with van der Waals surface area (Å²) < 4.78 is 0. The fraction of sp³-hybridized carbons (Fsp3) is 0.333. The van der Waals surface area contributed by atoms with Crippen LogP contribution in [0.2, 0.25) is 0 Å². The summed E-state index contributed by atoms with van der Waals surface area (Å²) in [6, 6.07) is 26.4. The largest absolute Gasteiger partial charge is 0.356 e. The third kappa shape index (κ3) is 4.14. The van der Waals surface area contributed by atoms with Gasteiger partial charge < -0.3 is 14.8 Å². The van der Waals surface area contributed by atoms with E-state index < -0.39 is 6.04 Å². The van der Waals surface area contributed by atoms with Crippen molar-refractivity contribution in [2.45, 2.75) is 50.9 Å². The number of hydrogen-bond acceptors (Lipinski definition) is 3. The van der Waals surface area contributed by atoms with E-state index in [2.05, 4.69) is 71.4 Å². The van der Waals surface area contributed by atoms with Crippen LogP contribution in [0.4, 0.5) is 0 Å². The first-order valence-electron chi connectivity index (χ1n) is 14.1. The van der Waals surface area contributed by atoms with Crippen molar-refractivity contribution in [2.75, 3.05) is 19.6 Å². The molecule has 4 aromatic rings. The lowest BCUT2D eigenvalue weighted by atomic mass is 9.84. The molecular weight excluding hydrogens is 484 g/mol. The van der Waals surface area contributed by atoms with E-state index in [9.17, 15) is 9.59 Å². The zero-order valence-corrected chi connectivity index (χ0v) is 22.3. The molecule has 2 fully saturated rings. The number of carbonyl (C=O) groups is 2. The van der Waals surface area contributed by atoms with Gasteiger partial charge in [0, 0.05) is 48.7 Å². The number of piperazine rings is 1. The molecule has 7 rings (SSSR count). The number of piperidine rings is 1. The van der Waals surface area contributed by atoms with Gasteiger partial charge in [-0.25, -0.2) is 0 Å². The molecule has 1 aromatic heterocycles. The summed E-state index contributed by atoms with van der Waals surface area (Å²) in [5.41, 5.74) is 6.80. The summed E-state index contributed by atoms with van der Waals surface area (Å²) in [6.07, 6.45) is 2.35. The monoisotopic (exact) mass is 518 g/mol. The van der Waals surface area contributed by atoms with Crippen LogP contribution >= 0.6 is 0 Å². The van der Waals surface area contributed by atoms with E-state index >= 15 is 0 Å². The predicted octanol–water partition coefficient (Wildman–Crippen LogP) is 4.83. The van der Waals surface area contributed by atoms with Crippen molar-refractivity contribution in [1.29, 1.82) is 0 Å². The minimum Gasteiger partial charge on any atom is -0.356 e. The standard InChI is InChI=1S/C33H34N4O2/c1-22-9-5-6-12-25(22)32-31-27(26-13-7-8-14-28(26)34-31)19-29-33(39)36(21-30(38)37(29)32)24-15-17-35(18-16-24)20-23-10-3-2-4-11-23/h2-14,24,29,32,34H,15-21H2,1H3/t29-,32+/m0/s1. The molecule has 198 valence electrons. The van der Waals surface area contributed by atoms with Crippen molar-refractivity contribution in [1.82, 2.24) is 19.7 Å². The zero-order valence-electron chi connectivity index (χ0n) is 22.3. The molecule has 3 aliphatic heterocycles. The molecule has 2 amide bonds. The summed E-state index contributed by atoms with van der Waals surface area (Å²) in [5, 5.41) is 1.15. The number of rotatable bonds is 4. The molecule has 1 N–H and O–H groups in total. The van der Waals surface area contributed by atoms with E-state index in [1.54, 1.807) is 0 Å². The van der Waals surface area contributed by atoms with Crippen LogP contribution in [0, 0.1) is 6.92 Å². The van der Waals surface area contributed by atoms with Gasteiger partial charge in [-0.15, -0.1) is 0 Å². The number of aromatic nitrogens is 1. The Morgan fingerprint density at radius 2 is 1.59 bits per heavy atom. The predicted molar refractivity (Wildman–Crippen MR) is 152 cm³/mol. The Kier molecular flexibility index (Phi) is 6.00. The summed E-state index contributed by atoms with van der Waals surface area (Å²) in [4.78, 5) is 38.1. The molecule has 0 saturated carbocycles. The summed E-state index contributed by atoms with van der Waals surface area (Å²) in [6.45, 7) is 5.05. The number of likely N-dealkylation sites (tertiary alicyclic amines) is 1. The van der Waals surface area contributed by atoms with Gasteiger partial charge in [-0.1, -0.05) is 72.8 Å². The van der Waals surface area contributed by atoms with Crippen LogP contribution in [-0.4, -0.2) is 63.2 Å². The molecule has 0 spiro atoms. The van der Waals surface area contributed by atoms with Gasteiger partial charge in [0.15, 0.2) is 0 Å². The number of carbonyl (C=O) groups excluding carboxylic acids is 2. The molecule has 2 atom stereocenters. The second-order valence-corrected chi connectivity index (χ2v) is 11.3. The fourth-order valence-corrected chi connectivity index (χ4v) is 7.04. The lowest BCUT2D eigenvalue weighted by molar-refractivity contribution is -0.161. The maximum atomic E-state index is 14.2. The molecule has 0 aliphatic carbocycles. The van der Waals surface area contributed by atoms with Crippen molar-refractivity contribution in [2.24, 2.45) is 0 Å². The minimum atomic E-state index is -0.482. The average molecular weight is 519 g/mol. The molecule has 39 heavy (non-hydrogen) atoms. The highest BCUT2D eigenvalue weighted by atomic mass is 16.2. The number of fused-ring (bicyclic) bond motifs is 4. The van der Waals surface area contributed by atoms with E-state index in [0.29, 0.717) is 6.42 Å². The van der Waals surface area contributed by atoms with Gasteiger partial charge in [-0.3, -0.25) is 14.5 Å². The molecule has 6 heteroatoms. The molecule has 0 unspecified atom stereocenters. The SMILES string of the molecule is Cc1ccccc1[C@@H]1c2[nH]c3ccccc3c2C[C@H]2C(=O)N(C3CCN(Cc4ccccc4)CC3)CC(=O)N12. The van der Waals surface area contributed by atoms with E-state index in [4.69, 9.17) is 0 Å². The third-order valence-electron chi connectivity index (χ3n) is 9.02. The van der Waals surface area contributed by atoms with Gasteiger partial charge in [-0.05, 0) is 48.1 Å². The van der Waals surface area contributed by atoms with Gasteiger partial charge in [0.25, 0.3) is 0 Å². The molecule has 4 heterocycles. The number of aryl methyl sites for hydroxylation is 1. The second kappa shape index (κ2) is 9.69. The number of aromatic amines is 1. The Labute approximate surface area is 229 Å². The topological polar surface area (TPSA) is 59.7 Å². The first-order valence-corrected chi connectivity index (χ1v) is 14.1. The van der Waals surface area contributed by atoms with Gasteiger partial charge in [0.1, 0.15) is 12.6 Å². The highest BCUT2D eigenvalue weighted by molar-refractivity contribution is 5.98. The van der Waals surface area contributed by atoms with Crippen molar-refractivity contribution in [3.8, 4) is 0 Å². The molecule has 3 aromatic carbocycles. The number of amides is 2. The number of para-hydroxylation sites is 1. The highest BCUT2D eigenvalue weighted by Crippen LogP contribution is 2.43. The first kappa shape index (κ1) is 24.2. The Balaban J connectivity index is 1.19. The Morgan fingerprint density at radius 1 is 0.872 bits per heavy atom. The van der Waals surface area contributed by atoms with E-state index in [0.717, 1.165) is 60.2 Å². The molecular formula is C33H34N4O2. The molecule has 0 radical (unpaired) electrons. The number of hydrogen-bond donors (Lipinski definition) is 1. The number of H-pyrrole nitrogens is 1. The second-order valence-electron chi connectivity index (χ2n) is 11.3. The average Bonchev–Trinajstić information content (AvgIpc) is 3.34. The lowest BCUT2D eigenvalue weighted by Crippen LogP contribution is -2.65. The van der Waals surface area contributed by atoms with Gasteiger partial charge >= 0.3 is 0 Å². The minimum absolute atomic E-state index is 0.0453. The molecule has 0 bridgehead atoms. The van der Waals surface area contributed by atoms with Gasteiger partial charge in [0.2, 0.25) is 11.8 Å². The van der Waals surface area contributed by atoms with Crippen molar-refractivity contribution < 1.29 is 9.59 Å². The van der Waals surface area contributed by atoms with Crippen LogP contribution in [-0.2, 0) is 22.6 Å². The van der Waals surface area contributed by atoms with E-state index in [1.807, 2.05) is 34.1 Å². The van der Waals surface area contributed by atoms with Crippen molar-refractivity contribution in [3.63, 3.8) is 0 Å². The number of nitrogens with zero attached hydrogens (tertiary/aromatic N) is 3. The Bertz CT molecular complexity index is 1540. The first-order chi connectivity index (χ1) is 19.1. The zero-order chi connectivity index (χ0) is 26.5. The maximum Gasteiger partial charge on any atom is 0.246 e. The van der Waals surface area contributed by atoms with Crippen LogP contribution in [0.15, 0.2) is 78.9 Å². The van der Waals surface area contributed by atoms with Gasteiger partial charge in [-0.2, -0.15) is 0 Å². The van der Waals surface area contributed by atoms with Gasteiger partial charge in [0.05, 0.1) is 6.04 Å². The maximum absolute atomic E-state index is 14.2. The summed E-state index contributed by atoms with van der Waals surface area (Å²) in [7, 11) is 0. The van der Waals surface area contributed by atoms with Crippen molar-refractivity contribution in [3.05, 3.63) is 107 Å². The Morgan fingerprint density at radius 3 is 2.38 bits per heavy atom. The van der Waals surface area contributed by atoms with Crippen LogP contribution < -0.4 is 0 Å². The third-order valence-corrected chi connectivity index (χ3v) is 9.02. The Hall–Kier alpha value is -3.90. The number of benzene rings is 3. The fourth-order valence-electron chi connectivity index (χ4n) is 7.04. The lowest BCUT2D eigenvalue weighted by Gasteiger charge is -2.50. The normalized spacial score (nSPS) is 22.3. The van der Waals surface area contributed by atoms with Crippen LogP contribution in [0.25, 0.3) is 10.9 Å². The highest BCUT2D eigenvalue weighted by Gasteiger charge is 2.49.